The lowest BCUT2D eigenvalue weighted by atomic mass is 10.1. The number of thiophene rings is 1. The number of ether oxygens (including phenoxy) is 2. The van der Waals surface area contributed by atoms with E-state index >= 15 is 0 Å². The molecule has 4 rings (SSSR count). The number of anilines is 1. The summed E-state index contributed by atoms with van der Waals surface area (Å²) in [5.74, 6) is -0.817. The molecule has 2 unspecified atom stereocenters. The molecule has 35 heavy (non-hydrogen) atoms. The van der Waals surface area contributed by atoms with Gasteiger partial charge in [0.2, 0.25) is 10.0 Å². The van der Waals surface area contributed by atoms with E-state index in [-0.39, 0.29) is 36.8 Å². The Morgan fingerprint density at radius 1 is 1.09 bits per heavy atom. The second-order valence-corrected chi connectivity index (χ2v) is 12.1. The van der Waals surface area contributed by atoms with Crippen LogP contribution in [0.15, 0.2) is 29.2 Å². The van der Waals surface area contributed by atoms with Gasteiger partial charge in [-0.1, -0.05) is 6.42 Å². The maximum absolute atomic E-state index is 13.1. The molecular weight excluding hydrogens is 488 g/mol. The van der Waals surface area contributed by atoms with Crippen molar-refractivity contribution in [2.24, 2.45) is 0 Å². The molecule has 1 aliphatic carbocycles. The number of morpholine rings is 1. The summed E-state index contributed by atoms with van der Waals surface area (Å²) in [4.78, 5) is 27.0. The minimum Gasteiger partial charge on any atom is -0.462 e. The maximum Gasteiger partial charge on any atom is 0.341 e. The van der Waals surface area contributed by atoms with Gasteiger partial charge in [0, 0.05) is 23.5 Å². The summed E-state index contributed by atoms with van der Waals surface area (Å²) in [5, 5.41) is 3.37. The Balaban J connectivity index is 1.55. The fourth-order valence-corrected chi connectivity index (χ4v) is 7.54. The smallest absolute Gasteiger partial charge is 0.341 e. The molecule has 0 spiro atoms. The van der Waals surface area contributed by atoms with E-state index in [2.05, 4.69) is 5.32 Å². The van der Waals surface area contributed by atoms with Crippen molar-refractivity contribution in [2.45, 2.75) is 70.0 Å². The highest BCUT2D eigenvalue weighted by atomic mass is 32.2. The summed E-state index contributed by atoms with van der Waals surface area (Å²) in [6.07, 6.45) is 4.47. The molecule has 1 amide bonds. The van der Waals surface area contributed by atoms with Crippen molar-refractivity contribution in [3.63, 3.8) is 0 Å². The first-order chi connectivity index (χ1) is 16.7. The average molecular weight is 521 g/mol. The topological polar surface area (TPSA) is 102 Å². The molecule has 2 aromatic rings. The van der Waals surface area contributed by atoms with Crippen LogP contribution in [0, 0.1) is 0 Å². The molecule has 1 aliphatic heterocycles. The number of nitrogens with one attached hydrogen (secondary N) is 1. The van der Waals surface area contributed by atoms with Crippen molar-refractivity contribution in [1.29, 1.82) is 0 Å². The highest BCUT2D eigenvalue weighted by Gasteiger charge is 2.32. The molecule has 190 valence electrons. The number of esters is 1. The van der Waals surface area contributed by atoms with Crippen LogP contribution in [0.5, 0.6) is 0 Å². The summed E-state index contributed by atoms with van der Waals surface area (Å²) in [6.45, 7) is 6.28. The molecule has 8 nitrogen and oxygen atoms in total. The third-order valence-corrected chi connectivity index (χ3v) is 9.32. The van der Waals surface area contributed by atoms with Crippen molar-refractivity contribution in [2.75, 3.05) is 25.0 Å². The summed E-state index contributed by atoms with van der Waals surface area (Å²) in [6, 6.07) is 5.89. The van der Waals surface area contributed by atoms with Crippen LogP contribution in [-0.2, 0) is 32.3 Å². The van der Waals surface area contributed by atoms with Crippen LogP contribution in [0.4, 0.5) is 5.00 Å². The van der Waals surface area contributed by atoms with Gasteiger partial charge in [-0.25, -0.2) is 13.2 Å². The summed E-state index contributed by atoms with van der Waals surface area (Å²) in [7, 11) is -3.70. The van der Waals surface area contributed by atoms with E-state index in [1.54, 1.807) is 6.92 Å². The SMILES string of the molecule is CCOC(=O)c1c(NC(=O)c2ccc(S(=O)(=O)N3CC(C)OC(C)C3)cc2)sc2c1CCCCC2. The molecule has 1 N–H and O–H groups in total. The lowest BCUT2D eigenvalue weighted by molar-refractivity contribution is -0.0440. The van der Waals surface area contributed by atoms with E-state index in [1.165, 1.54) is 39.9 Å². The van der Waals surface area contributed by atoms with Crippen molar-refractivity contribution in [3.05, 3.63) is 45.8 Å². The molecule has 2 heterocycles. The van der Waals surface area contributed by atoms with Crippen LogP contribution in [-0.4, -0.2) is 56.5 Å². The Morgan fingerprint density at radius 3 is 2.40 bits per heavy atom. The van der Waals surface area contributed by atoms with Crippen molar-refractivity contribution in [3.8, 4) is 0 Å². The number of sulfonamides is 1. The van der Waals surface area contributed by atoms with E-state index in [0.717, 1.165) is 42.5 Å². The quantitative estimate of drug-likeness (QED) is 0.452. The summed E-state index contributed by atoms with van der Waals surface area (Å²) in [5.41, 5.74) is 1.75. The fraction of sp³-hybridized carbons (Fsp3) is 0.520. The first kappa shape index (κ1) is 25.8. The van der Waals surface area contributed by atoms with Gasteiger partial charge in [-0.2, -0.15) is 4.31 Å². The van der Waals surface area contributed by atoms with E-state index < -0.39 is 21.9 Å². The zero-order valence-electron chi connectivity index (χ0n) is 20.3. The van der Waals surface area contributed by atoms with Crippen molar-refractivity contribution < 1.29 is 27.5 Å². The zero-order chi connectivity index (χ0) is 25.2. The highest BCUT2D eigenvalue weighted by Crippen LogP contribution is 2.38. The number of benzene rings is 1. The number of nitrogens with zero attached hydrogens (tertiary/aromatic N) is 1. The first-order valence-corrected chi connectivity index (χ1v) is 14.3. The fourth-order valence-electron chi connectivity index (χ4n) is 4.68. The lowest BCUT2D eigenvalue weighted by Crippen LogP contribution is -2.48. The van der Waals surface area contributed by atoms with Gasteiger partial charge in [0.05, 0.1) is 29.3 Å². The van der Waals surface area contributed by atoms with Crippen molar-refractivity contribution in [1.82, 2.24) is 4.31 Å². The molecule has 2 aliphatic rings. The third-order valence-electron chi connectivity index (χ3n) is 6.27. The number of rotatable bonds is 6. The van der Waals surface area contributed by atoms with Crippen LogP contribution in [0.3, 0.4) is 0 Å². The normalized spacial score (nSPS) is 21.1. The second kappa shape index (κ2) is 10.8. The molecule has 1 saturated heterocycles. The molecule has 10 heteroatoms. The Morgan fingerprint density at radius 2 is 1.74 bits per heavy atom. The Bertz CT molecular complexity index is 1180. The van der Waals surface area contributed by atoms with Gasteiger partial charge in [0.15, 0.2) is 0 Å². The highest BCUT2D eigenvalue weighted by molar-refractivity contribution is 7.89. The van der Waals surface area contributed by atoms with Crippen LogP contribution >= 0.6 is 11.3 Å². The predicted octanol–water partition coefficient (Wildman–Crippen LogP) is 4.24. The maximum atomic E-state index is 13.1. The van der Waals surface area contributed by atoms with Gasteiger partial charge < -0.3 is 14.8 Å². The number of hydrogen-bond acceptors (Lipinski definition) is 7. The van der Waals surface area contributed by atoms with Crippen LogP contribution in [0.1, 0.15) is 71.2 Å². The first-order valence-electron chi connectivity index (χ1n) is 12.1. The number of amides is 1. The average Bonchev–Trinajstić information content (AvgIpc) is 2.98. The predicted molar refractivity (Wildman–Crippen MR) is 135 cm³/mol. The molecule has 0 saturated carbocycles. The van der Waals surface area contributed by atoms with Gasteiger partial charge in [-0.3, -0.25) is 4.79 Å². The Labute approximate surface area is 210 Å². The molecular formula is C25H32N2O6S2. The molecule has 1 aromatic heterocycles. The number of carbonyl (C=O) groups excluding carboxylic acids is 2. The molecule has 0 radical (unpaired) electrons. The number of carbonyl (C=O) groups is 2. The Hall–Kier alpha value is -2.27. The summed E-state index contributed by atoms with van der Waals surface area (Å²) >= 11 is 1.43. The molecule has 1 aromatic carbocycles. The monoisotopic (exact) mass is 520 g/mol. The van der Waals surface area contributed by atoms with Gasteiger partial charge >= 0.3 is 5.97 Å². The van der Waals surface area contributed by atoms with E-state index in [0.29, 0.717) is 16.1 Å². The van der Waals surface area contributed by atoms with Crippen LogP contribution < -0.4 is 5.32 Å². The third kappa shape index (κ3) is 5.61. The molecule has 1 fully saturated rings. The largest absolute Gasteiger partial charge is 0.462 e. The van der Waals surface area contributed by atoms with E-state index in [1.807, 2.05) is 13.8 Å². The standard InChI is InChI=1S/C25H32N2O6S2/c1-4-32-25(29)22-20-8-6-5-7-9-21(20)34-24(22)26-23(28)18-10-12-19(13-11-18)35(30,31)27-14-16(2)33-17(3)15-27/h10-13,16-17H,4-9,14-15H2,1-3H3,(H,26,28). The lowest BCUT2D eigenvalue weighted by Gasteiger charge is -2.34. The molecule has 2 atom stereocenters. The summed E-state index contributed by atoms with van der Waals surface area (Å²) < 4.78 is 38.5. The number of aryl methyl sites for hydroxylation is 1. The Kier molecular flexibility index (Phi) is 7.95. The zero-order valence-corrected chi connectivity index (χ0v) is 22.0. The number of fused-ring (bicyclic) bond motifs is 1. The van der Waals surface area contributed by atoms with E-state index in [4.69, 9.17) is 9.47 Å². The van der Waals surface area contributed by atoms with Gasteiger partial charge in [0.1, 0.15) is 5.00 Å². The van der Waals surface area contributed by atoms with Crippen LogP contribution in [0.2, 0.25) is 0 Å². The van der Waals surface area contributed by atoms with Gasteiger partial charge in [-0.15, -0.1) is 11.3 Å². The minimum absolute atomic E-state index is 0.130. The molecule has 0 bridgehead atoms. The van der Waals surface area contributed by atoms with Crippen molar-refractivity contribution >= 4 is 38.2 Å². The number of hydrogen-bond donors (Lipinski definition) is 1. The second-order valence-electron chi connectivity index (χ2n) is 9.05. The van der Waals surface area contributed by atoms with Gasteiger partial charge in [-0.05, 0) is 76.3 Å². The van der Waals surface area contributed by atoms with Crippen LogP contribution in [0.25, 0.3) is 0 Å². The van der Waals surface area contributed by atoms with Gasteiger partial charge in [0.25, 0.3) is 5.91 Å². The van der Waals surface area contributed by atoms with E-state index in [9.17, 15) is 18.0 Å². The minimum atomic E-state index is -3.70.